The van der Waals surface area contributed by atoms with Crippen LogP contribution < -0.4 is 0 Å². The van der Waals surface area contributed by atoms with Crippen LogP contribution in [0.2, 0.25) is 0 Å². The van der Waals surface area contributed by atoms with E-state index in [9.17, 15) is 4.79 Å². The SMILES string of the molecule is CCCCCCCC[C@H](CCCCCC)C(=O)OCCCCCCBr. The molecule has 0 radical (unpaired) electrons. The van der Waals surface area contributed by atoms with Crippen LogP contribution in [-0.4, -0.2) is 17.9 Å². The summed E-state index contributed by atoms with van der Waals surface area (Å²) in [6, 6.07) is 0. The molecule has 3 heteroatoms. The lowest BCUT2D eigenvalue weighted by Crippen LogP contribution is -2.18. The molecule has 0 heterocycles. The molecule has 0 bridgehead atoms. The van der Waals surface area contributed by atoms with E-state index in [1.165, 1.54) is 77.0 Å². The molecule has 0 rings (SSSR count). The van der Waals surface area contributed by atoms with Gasteiger partial charge in [-0.05, 0) is 25.7 Å². The maximum atomic E-state index is 12.4. The second-order valence-corrected chi connectivity index (χ2v) is 8.17. The van der Waals surface area contributed by atoms with Gasteiger partial charge in [-0.3, -0.25) is 4.79 Å². The Morgan fingerprint density at radius 3 is 1.80 bits per heavy atom. The maximum absolute atomic E-state index is 12.4. The van der Waals surface area contributed by atoms with Gasteiger partial charge in [0.25, 0.3) is 0 Å². The van der Waals surface area contributed by atoms with Gasteiger partial charge in [0, 0.05) is 5.33 Å². The molecule has 0 amide bonds. The fourth-order valence-electron chi connectivity index (χ4n) is 3.21. The predicted molar refractivity (Wildman–Crippen MR) is 113 cm³/mol. The van der Waals surface area contributed by atoms with Gasteiger partial charge in [-0.25, -0.2) is 0 Å². The average Bonchev–Trinajstić information content (AvgIpc) is 2.62. The molecular formula is C22H43BrO2. The quantitative estimate of drug-likeness (QED) is 0.121. The van der Waals surface area contributed by atoms with Crippen LogP contribution in [0.4, 0.5) is 0 Å². The van der Waals surface area contributed by atoms with Gasteiger partial charge in [0.1, 0.15) is 0 Å². The molecular weight excluding hydrogens is 376 g/mol. The number of rotatable bonds is 19. The van der Waals surface area contributed by atoms with Gasteiger partial charge in [-0.15, -0.1) is 0 Å². The first-order chi connectivity index (χ1) is 12.3. The first-order valence-corrected chi connectivity index (χ1v) is 12.1. The topological polar surface area (TPSA) is 26.3 Å². The number of alkyl halides is 1. The van der Waals surface area contributed by atoms with Gasteiger partial charge >= 0.3 is 5.97 Å². The van der Waals surface area contributed by atoms with E-state index in [4.69, 9.17) is 4.74 Å². The summed E-state index contributed by atoms with van der Waals surface area (Å²) >= 11 is 3.45. The summed E-state index contributed by atoms with van der Waals surface area (Å²) in [7, 11) is 0. The summed E-state index contributed by atoms with van der Waals surface area (Å²) in [5.74, 6) is 0.219. The lowest BCUT2D eigenvalue weighted by atomic mass is 9.94. The van der Waals surface area contributed by atoms with Crippen molar-refractivity contribution in [3.8, 4) is 0 Å². The summed E-state index contributed by atoms with van der Waals surface area (Å²) in [5.41, 5.74) is 0. The molecule has 150 valence electrons. The Kier molecular flexibility index (Phi) is 20.2. The molecule has 25 heavy (non-hydrogen) atoms. The van der Waals surface area contributed by atoms with Crippen LogP contribution in [0.3, 0.4) is 0 Å². The Balaban J connectivity index is 3.97. The van der Waals surface area contributed by atoms with Crippen molar-refractivity contribution in [1.82, 2.24) is 0 Å². The zero-order chi connectivity index (χ0) is 18.6. The Bertz CT molecular complexity index is 281. The predicted octanol–water partition coefficient (Wildman–Crippen LogP) is 7.82. The number of unbranched alkanes of at least 4 members (excludes halogenated alkanes) is 11. The standard InChI is InChI=1S/C22H43BrO2/c1-3-5-7-9-10-14-18-21(17-13-8-6-4-2)22(24)25-20-16-12-11-15-19-23/h21H,3-20H2,1-2H3/t21-/m0/s1. The largest absolute Gasteiger partial charge is 0.465 e. The van der Waals surface area contributed by atoms with Crippen LogP contribution in [0.1, 0.15) is 117 Å². The first kappa shape index (κ1) is 24.9. The molecule has 0 N–H and O–H groups in total. The van der Waals surface area contributed by atoms with Crippen molar-refractivity contribution < 1.29 is 9.53 Å². The van der Waals surface area contributed by atoms with E-state index in [0.717, 1.165) is 31.0 Å². The molecule has 0 spiro atoms. The molecule has 0 aliphatic rings. The highest BCUT2D eigenvalue weighted by Crippen LogP contribution is 2.20. The van der Waals surface area contributed by atoms with Crippen LogP contribution in [0.15, 0.2) is 0 Å². The second kappa shape index (κ2) is 20.3. The highest BCUT2D eigenvalue weighted by molar-refractivity contribution is 9.09. The van der Waals surface area contributed by atoms with E-state index in [1.807, 2.05) is 0 Å². The number of esters is 1. The number of ether oxygens (including phenoxy) is 1. The summed E-state index contributed by atoms with van der Waals surface area (Å²) in [6.45, 7) is 5.10. The average molecular weight is 419 g/mol. The third-order valence-electron chi connectivity index (χ3n) is 4.92. The number of halogens is 1. The van der Waals surface area contributed by atoms with Crippen LogP contribution in [0, 0.1) is 5.92 Å². The highest BCUT2D eigenvalue weighted by atomic mass is 79.9. The zero-order valence-electron chi connectivity index (χ0n) is 17.0. The molecule has 0 saturated heterocycles. The van der Waals surface area contributed by atoms with Crippen molar-refractivity contribution in [2.24, 2.45) is 5.92 Å². The van der Waals surface area contributed by atoms with Gasteiger partial charge < -0.3 is 4.74 Å². The minimum atomic E-state index is 0.0746. The minimum absolute atomic E-state index is 0.0746. The third-order valence-corrected chi connectivity index (χ3v) is 5.48. The molecule has 0 aromatic rings. The van der Waals surface area contributed by atoms with Crippen molar-refractivity contribution in [3.63, 3.8) is 0 Å². The molecule has 1 atom stereocenters. The molecule has 0 aromatic heterocycles. The van der Waals surface area contributed by atoms with Crippen molar-refractivity contribution in [2.45, 2.75) is 117 Å². The lowest BCUT2D eigenvalue weighted by molar-refractivity contribution is -0.149. The monoisotopic (exact) mass is 418 g/mol. The molecule has 0 fully saturated rings. The first-order valence-electron chi connectivity index (χ1n) is 11.0. The number of carbonyl (C=O) groups excluding carboxylic acids is 1. The van der Waals surface area contributed by atoms with E-state index in [2.05, 4.69) is 29.8 Å². The molecule has 0 saturated carbocycles. The number of hydrogen-bond acceptors (Lipinski definition) is 2. The van der Waals surface area contributed by atoms with Gasteiger partial charge in [0.05, 0.1) is 12.5 Å². The van der Waals surface area contributed by atoms with Gasteiger partial charge in [0.2, 0.25) is 0 Å². The summed E-state index contributed by atoms with van der Waals surface area (Å²) in [6.07, 6.45) is 19.4. The number of hydrogen-bond donors (Lipinski definition) is 0. The maximum Gasteiger partial charge on any atom is 0.308 e. The molecule has 2 nitrogen and oxygen atoms in total. The Labute approximate surface area is 166 Å². The van der Waals surface area contributed by atoms with E-state index in [-0.39, 0.29) is 11.9 Å². The van der Waals surface area contributed by atoms with Crippen molar-refractivity contribution in [1.29, 1.82) is 0 Å². The molecule has 0 aromatic carbocycles. The van der Waals surface area contributed by atoms with Crippen LogP contribution >= 0.6 is 15.9 Å². The van der Waals surface area contributed by atoms with Gasteiger partial charge in [0.15, 0.2) is 0 Å². The van der Waals surface area contributed by atoms with Crippen molar-refractivity contribution in [3.05, 3.63) is 0 Å². The minimum Gasteiger partial charge on any atom is -0.465 e. The highest BCUT2D eigenvalue weighted by Gasteiger charge is 2.19. The van der Waals surface area contributed by atoms with E-state index in [0.29, 0.717) is 6.61 Å². The number of carbonyl (C=O) groups is 1. The molecule has 0 unspecified atom stereocenters. The van der Waals surface area contributed by atoms with E-state index in [1.54, 1.807) is 0 Å². The van der Waals surface area contributed by atoms with Crippen LogP contribution in [-0.2, 0) is 9.53 Å². The van der Waals surface area contributed by atoms with Crippen LogP contribution in [0.25, 0.3) is 0 Å². The fraction of sp³-hybridized carbons (Fsp3) is 0.955. The second-order valence-electron chi connectivity index (χ2n) is 7.37. The van der Waals surface area contributed by atoms with Crippen molar-refractivity contribution >= 4 is 21.9 Å². The fourth-order valence-corrected chi connectivity index (χ4v) is 3.61. The smallest absolute Gasteiger partial charge is 0.308 e. The van der Waals surface area contributed by atoms with Crippen molar-refractivity contribution in [2.75, 3.05) is 11.9 Å². The summed E-state index contributed by atoms with van der Waals surface area (Å²) in [4.78, 5) is 12.4. The van der Waals surface area contributed by atoms with Gasteiger partial charge in [-0.1, -0.05) is 107 Å². The Morgan fingerprint density at radius 2 is 1.20 bits per heavy atom. The molecule has 0 aliphatic heterocycles. The summed E-state index contributed by atoms with van der Waals surface area (Å²) < 4.78 is 5.59. The normalized spacial score (nSPS) is 12.3. The van der Waals surface area contributed by atoms with E-state index < -0.39 is 0 Å². The lowest BCUT2D eigenvalue weighted by Gasteiger charge is -2.16. The Morgan fingerprint density at radius 1 is 0.720 bits per heavy atom. The Hall–Kier alpha value is -0.0500. The third kappa shape index (κ3) is 17.1. The zero-order valence-corrected chi connectivity index (χ0v) is 18.6. The summed E-state index contributed by atoms with van der Waals surface area (Å²) in [5, 5.41) is 1.07. The van der Waals surface area contributed by atoms with Crippen LogP contribution in [0.5, 0.6) is 0 Å². The molecule has 0 aliphatic carbocycles. The van der Waals surface area contributed by atoms with E-state index >= 15 is 0 Å². The van der Waals surface area contributed by atoms with Gasteiger partial charge in [-0.2, -0.15) is 0 Å².